The number of aromatic nitrogens is 4. The van der Waals surface area contributed by atoms with Crippen molar-refractivity contribution in [2.45, 2.75) is 13.8 Å². The van der Waals surface area contributed by atoms with Crippen molar-refractivity contribution in [3.05, 3.63) is 12.2 Å². The van der Waals surface area contributed by atoms with Gasteiger partial charge in [-0.05, 0) is 6.92 Å². The topological polar surface area (TPSA) is 78.0 Å². The average Bonchev–Trinajstić information content (AvgIpc) is 2.78. The second kappa shape index (κ2) is 4.49. The fourth-order valence-corrected chi connectivity index (χ4v) is 2.40. The predicted octanol–water partition coefficient (Wildman–Crippen LogP) is 0.330. The summed E-state index contributed by atoms with van der Waals surface area (Å²) in [6.07, 6.45) is 1.54. The molecule has 0 saturated carbocycles. The minimum Gasteiger partial charge on any atom is -0.351 e. The lowest BCUT2D eigenvalue weighted by Crippen LogP contribution is -2.48. The third-order valence-electron chi connectivity index (χ3n) is 3.41. The van der Waals surface area contributed by atoms with Gasteiger partial charge in [-0.25, -0.2) is 15.0 Å². The van der Waals surface area contributed by atoms with Crippen LogP contribution in [0.25, 0.3) is 11.2 Å². The van der Waals surface area contributed by atoms with E-state index in [9.17, 15) is 4.79 Å². The molecular formula is C12H16N6O. The highest BCUT2D eigenvalue weighted by Crippen LogP contribution is 2.21. The van der Waals surface area contributed by atoms with Gasteiger partial charge < -0.3 is 14.8 Å². The monoisotopic (exact) mass is 260 g/mol. The van der Waals surface area contributed by atoms with E-state index in [2.05, 4.69) is 24.8 Å². The van der Waals surface area contributed by atoms with Crippen molar-refractivity contribution in [1.29, 1.82) is 0 Å². The van der Waals surface area contributed by atoms with Crippen molar-refractivity contribution < 1.29 is 4.79 Å². The van der Waals surface area contributed by atoms with Gasteiger partial charge in [0.25, 0.3) is 0 Å². The Labute approximate surface area is 110 Å². The normalized spacial score (nSPS) is 16.1. The summed E-state index contributed by atoms with van der Waals surface area (Å²) in [7, 11) is 0. The molecule has 1 amide bonds. The number of rotatable bonds is 1. The molecule has 2 aromatic heterocycles. The van der Waals surface area contributed by atoms with Crippen LogP contribution in [0, 0.1) is 6.92 Å². The average molecular weight is 260 g/mol. The van der Waals surface area contributed by atoms with Crippen molar-refractivity contribution in [1.82, 2.24) is 24.8 Å². The molecular weight excluding hydrogens is 244 g/mol. The van der Waals surface area contributed by atoms with Crippen LogP contribution in [0.4, 0.5) is 5.82 Å². The molecule has 0 aliphatic carbocycles. The molecule has 0 radical (unpaired) electrons. The first-order valence-corrected chi connectivity index (χ1v) is 6.33. The van der Waals surface area contributed by atoms with Gasteiger partial charge in [0.15, 0.2) is 11.5 Å². The number of piperazine rings is 1. The molecule has 1 aliphatic rings. The number of nitrogens with zero attached hydrogens (tertiary/aromatic N) is 5. The van der Waals surface area contributed by atoms with E-state index in [-0.39, 0.29) is 5.91 Å². The Morgan fingerprint density at radius 1 is 1.26 bits per heavy atom. The summed E-state index contributed by atoms with van der Waals surface area (Å²) in [5, 5.41) is 0. The number of imidazole rings is 1. The molecule has 3 rings (SSSR count). The molecule has 100 valence electrons. The van der Waals surface area contributed by atoms with Gasteiger partial charge in [-0.1, -0.05) is 0 Å². The molecule has 7 nitrogen and oxygen atoms in total. The van der Waals surface area contributed by atoms with Gasteiger partial charge in [0, 0.05) is 33.1 Å². The van der Waals surface area contributed by atoms with Gasteiger partial charge in [-0.15, -0.1) is 0 Å². The summed E-state index contributed by atoms with van der Waals surface area (Å²) in [4.78, 5) is 31.4. The summed E-state index contributed by atoms with van der Waals surface area (Å²) in [6.45, 7) is 6.53. The number of carbonyl (C=O) groups is 1. The van der Waals surface area contributed by atoms with Crippen LogP contribution < -0.4 is 4.90 Å². The molecule has 1 saturated heterocycles. The maximum absolute atomic E-state index is 11.3. The standard InChI is InChI=1S/C12H16N6O/c1-8-15-10-11(16-8)13-7-14-12(10)18-5-3-17(4-6-18)9(2)19/h7H,3-6H2,1-2H3,(H,13,14,15,16). The van der Waals surface area contributed by atoms with Crippen molar-refractivity contribution in [2.24, 2.45) is 0 Å². The van der Waals surface area contributed by atoms with E-state index in [1.807, 2.05) is 11.8 Å². The van der Waals surface area contributed by atoms with Gasteiger partial charge in [-0.3, -0.25) is 4.79 Å². The maximum Gasteiger partial charge on any atom is 0.219 e. The number of anilines is 1. The Kier molecular flexibility index (Phi) is 2.81. The summed E-state index contributed by atoms with van der Waals surface area (Å²) < 4.78 is 0. The molecule has 3 heterocycles. The SMILES string of the molecule is CC(=O)N1CCN(c2ncnc3nc(C)[nH]c23)CC1. The number of aryl methyl sites for hydroxylation is 1. The van der Waals surface area contributed by atoms with Crippen molar-refractivity contribution in [3.8, 4) is 0 Å². The Balaban J connectivity index is 1.87. The predicted molar refractivity (Wildman–Crippen MR) is 70.9 cm³/mol. The molecule has 19 heavy (non-hydrogen) atoms. The quantitative estimate of drug-likeness (QED) is 0.799. The number of amides is 1. The Morgan fingerprint density at radius 2 is 2.00 bits per heavy atom. The number of carbonyl (C=O) groups excluding carboxylic acids is 1. The Bertz CT molecular complexity index is 614. The Morgan fingerprint density at radius 3 is 2.68 bits per heavy atom. The first-order valence-electron chi connectivity index (χ1n) is 6.33. The Hall–Kier alpha value is -2.18. The summed E-state index contributed by atoms with van der Waals surface area (Å²) in [6, 6.07) is 0. The highest BCUT2D eigenvalue weighted by atomic mass is 16.2. The van der Waals surface area contributed by atoms with Crippen molar-refractivity contribution in [2.75, 3.05) is 31.1 Å². The smallest absolute Gasteiger partial charge is 0.219 e. The molecule has 1 N–H and O–H groups in total. The van der Waals surface area contributed by atoms with Gasteiger partial charge in [-0.2, -0.15) is 0 Å². The highest BCUT2D eigenvalue weighted by molar-refractivity contribution is 5.83. The molecule has 0 unspecified atom stereocenters. The molecule has 0 aromatic carbocycles. The third-order valence-corrected chi connectivity index (χ3v) is 3.41. The zero-order valence-electron chi connectivity index (χ0n) is 11.1. The zero-order valence-corrected chi connectivity index (χ0v) is 11.1. The van der Waals surface area contributed by atoms with E-state index in [4.69, 9.17) is 0 Å². The third kappa shape index (κ3) is 2.11. The van der Waals surface area contributed by atoms with Gasteiger partial charge >= 0.3 is 0 Å². The van der Waals surface area contributed by atoms with Crippen molar-refractivity contribution in [3.63, 3.8) is 0 Å². The minimum absolute atomic E-state index is 0.130. The van der Waals surface area contributed by atoms with Crippen LogP contribution in [0.1, 0.15) is 12.7 Å². The number of hydrogen-bond donors (Lipinski definition) is 1. The summed E-state index contributed by atoms with van der Waals surface area (Å²) >= 11 is 0. The fourth-order valence-electron chi connectivity index (χ4n) is 2.40. The summed E-state index contributed by atoms with van der Waals surface area (Å²) in [5.74, 6) is 1.83. The van der Waals surface area contributed by atoms with Crippen LogP contribution in [-0.4, -0.2) is 56.9 Å². The number of fused-ring (bicyclic) bond motifs is 1. The molecule has 0 bridgehead atoms. The van der Waals surface area contributed by atoms with Crippen LogP contribution in [0.2, 0.25) is 0 Å². The van der Waals surface area contributed by atoms with E-state index < -0.39 is 0 Å². The molecule has 1 aliphatic heterocycles. The number of H-pyrrole nitrogens is 1. The number of hydrogen-bond acceptors (Lipinski definition) is 5. The van der Waals surface area contributed by atoms with Crippen LogP contribution in [0.15, 0.2) is 6.33 Å². The lowest BCUT2D eigenvalue weighted by Gasteiger charge is -2.34. The van der Waals surface area contributed by atoms with Crippen LogP contribution >= 0.6 is 0 Å². The number of aromatic amines is 1. The van der Waals surface area contributed by atoms with Crippen LogP contribution in [0.5, 0.6) is 0 Å². The van der Waals surface area contributed by atoms with Gasteiger partial charge in [0.05, 0.1) is 0 Å². The number of nitrogens with one attached hydrogen (secondary N) is 1. The molecule has 2 aromatic rings. The largest absolute Gasteiger partial charge is 0.351 e. The molecule has 1 fully saturated rings. The van der Waals surface area contributed by atoms with Crippen molar-refractivity contribution >= 4 is 22.9 Å². The lowest BCUT2D eigenvalue weighted by molar-refractivity contribution is -0.129. The van der Waals surface area contributed by atoms with Gasteiger partial charge in [0.1, 0.15) is 17.7 Å². The van der Waals surface area contributed by atoms with E-state index in [0.717, 1.165) is 43.3 Å². The second-order valence-electron chi connectivity index (χ2n) is 4.71. The molecule has 7 heteroatoms. The second-order valence-corrected chi connectivity index (χ2v) is 4.71. The van der Waals surface area contributed by atoms with Crippen LogP contribution in [0.3, 0.4) is 0 Å². The lowest BCUT2D eigenvalue weighted by atomic mass is 10.3. The summed E-state index contributed by atoms with van der Waals surface area (Å²) in [5.41, 5.74) is 1.56. The highest BCUT2D eigenvalue weighted by Gasteiger charge is 2.22. The first-order chi connectivity index (χ1) is 9.15. The van der Waals surface area contributed by atoms with Crippen LogP contribution in [-0.2, 0) is 4.79 Å². The minimum atomic E-state index is 0.130. The maximum atomic E-state index is 11.3. The zero-order chi connectivity index (χ0) is 13.4. The van der Waals surface area contributed by atoms with E-state index in [1.54, 1.807) is 6.92 Å². The van der Waals surface area contributed by atoms with E-state index >= 15 is 0 Å². The molecule has 0 atom stereocenters. The van der Waals surface area contributed by atoms with E-state index in [1.165, 1.54) is 6.33 Å². The van der Waals surface area contributed by atoms with E-state index in [0.29, 0.717) is 5.65 Å². The van der Waals surface area contributed by atoms with Gasteiger partial charge in [0.2, 0.25) is 5.91 Å². The first kappa shape index (κ1) is 11.9. The molecule has 0 spiro atoms. The fraction of sp³-hybridized carbons (Fsp3) is 0.500.